The molecular weight excluding hydrogens is 194 g/mol. The minimum atomic E-state index is 0.393. The molecule has 0 atom stereocenters. The van der Waals surface area contributed by atoms with Gasteiger partial charge in [-0.1, -0.05) is 42.5 Å². The summed E-state index contributed by atoms with van der Waals surface area (Å²) >= 11 is 4.69. The van der Waals surface area contributed by atoms with Gasteiger partial charge in [-0.05, 0) is 18.4 Å². The first-order valence-corrected chi connectivity index (χ1v) is 5.10. The number of benzene rings is 1. The lowest BCUT2D eigenvalue weighted by atomic mass is 10.1. The van der Waals surface area contributed by atoms with E-state index in [0.29, 0.717) is 18.2 Å². The highest BCUT2D eigenvalue weighted by Gasteiger charge is 1.93. The predicted octanol–water partition coefficient (Wildman–Crippen LogP) is 1.92. The van der Waals surface area contributed by atoms with Crippen LogP contribution < -0.4 is 5.73 Å². The van der Waals surface area contributed by atoms with Crippen molar-refractivity contribution in [2.45, 2.75) is 12.8 Å². The second kappa shape index (κ2) is 6.51. The van der Waals surface area contributed by atoms with E-state index in [1.54, 1.807) is 0 Å². The van der Waals surface area contributed by atoms with Gasteiger partial charge in [-0.25, -0.2) is 0 Å². The van der Waals surface area contributed by atoms with Crippen LogP contribution in [0.2, 0.25) is 0 Å². The van der Waals surface area contributed by atoms with Crippen molar-refractivity contribution in [3.8, 4) is 0 Å². The molecule has 0 fully saturated rings. The molecular formula is C11H15NOS. The zero-order chi connectivity index (χ0) is 10.2. The van der Waals surface area contributed by atoms with E-state index in [1.165, 1.54) is 5.56 Å². The molecule has 0 saturated heterocycles. The van der Waals surface area contributed by atoms with Crippen LogP contribution in [0.25, 0.3) is 0 Å². The van der Waals surface area contributed by atoms with E-state index in [9.17, 15) is 0 Å². The van der Waals surface area contributed by atoms with E-state index < -0.39 is 0 Å². The standard InChI is InChI=1S/C11H15NOS/c12-11(14)9-13-8-4-7-10-5-2-1-3-6-10/h1-3,5-6H,4,7-9H2,(H2,12,14). The predicted molar refractivity (Wildman–Crippen MR) is 62.4 cm³/mol. The number of rotatable bonds is 6. The summed E-state index contributed by atoms with van der Waals surface area (Å²) in [5, 5.41) is 0. The van der Waals surface area contributed by atoms with Crippen LogP contribution in [-0.4, -0.2) is 18.2 Å². The van der Waals surface area contributed by atoms with Crippen LogP contribution in [0.1, 0.15) is 12.0 Å². The summed E-state index contributed by atoms with van der Waals surface area (Å²) in [6.45, 7) is 1.11. The van der Waals surface area contributed by atoms with Crippen molar-refractivity contribution in [1.82, 2.24) is 0 Å². The third kappa shape index (κ3) is 4.94. The van der Waals surface area contributed by atoms with Gasteiger partial charge in [0, 0.05) is 6.61 Å². The Morgan fingerprint density at radius 1 is 1.29 bits per heavy atom. The summed E-state index contributed by atoms with van der Waals surface area (Å²) in [6.07, 6.45) is 2.05. The highest BCUT2D eigenvalue weighted by Crippen LogP contribution is 2.01. The summed E-state index contributed by atoms with van der Waals surface area (Å²) in [5.41, 5.74) is 6.63. The largest absolute Gasteiger partial charge is 0.391 e. The Morgan fingerprint density at radius 3 is 2.64 bits per heavy atom. The minimum absolute atomic E-state index is 0.393. The van der Waals surface area contributed by atoms with E-state index in [1.807, 2.05) is 18.2 Å². The van der Waals surface area contributed by atoms with Gasteiger partial charge in [0.1, 0.15) is 0 Å². The highest BCUT2D eigenvalue weighted by molar-refractivity contribution is 7.80. The van der Waals surface area contributed by atoms with Crippen LogP contribution in [-0.2, 0) is 11.2 Å². The van der Waals surface area contributed by atoms with Gasteiger partial charge in [0.2, 0.25) is 0 Å². The van der Waals surface area contributed by atoms with Gasteiger partial charge >= 0.3 is 0 Å². The first-order chi connectivity index (χ1) is 6.79. The third-order valence-corrected chi connectivity index (χ3v) is 1.96. The van der Waals surface area contributed by atoms with Crippen LogP contribution in [0.4, 0.5) is 0 Å². The van der Waals surface area contributed by atoms with Crippen LogP contribution in [0.5, 0.6) is 0 Å². The van der Waals surface area contributed by atoms with Crippen LogP contribution >= 0.6 is 12.2 Å². The van der Waals surface area contributed by atoms with Gasteiger partial charge in [-0.2, -0.15) is 0 Å². The maximum absolute atomic E-state index is 5.29. The van der Waals surface area contributed by atoms with Crippen molar-refractivity contribution in [2.75, 3.05) is 13.2 Å². The molecule has 0 aromatic heterocycles. The van der Waals surface area contributed by atoms with Crippen LogP contribution in [0.3, 0.4) is 0 Å². The van der Waals surface area contributed by atoms with E-state index in [4.69, 9.17) is 22.7 Å². The molecule has 0 aliphatic heterocycles. The van der Waals surface area contributed by atoms with Crippen molar-refractivity contribution in [3.63, 3.8) is 0 Å². The molecule has 2 N–H and O–H groups in total. The Balaban J connectivity index is 2.08. The van der Waals surface area contributed by atoms with Crippen molar-refractivity contribution >= 4 is 17.2 Å². The summed E-state index contributed by atoms with van der Waals surface area (Å²) in [4.78, 5) is 0.421. The van der Waals surface area contributed by atoms with E-state index in [-0.39, 0.29) is 0 Å². The molecule has 0 amide bonds. The van der Waals surface area contributed by atoms with Crippen LogP contribution in [0.15, 0.2) is 30.3 Å². The quantitative estimate of drug-likeness (QED) is 0.574. The lowest BCUT2D eigenvalue weighted by molar-refractivity contribution is 0.169. The molecule has 14 heavy (non-hydrogen) atoms. The molecule has 1 aromatic carbocycles. The molecule has 0 radical (unpaired) electrons. The Morgan fingerprint density at radius 2 is 2.00 bits per heavy atom. The molecule has 2 nitrogen and oxygen atoms in total. The van der Waals surface area contributed by atoms with Gasteiger partial charge in [0.05, 0.1) is 11.6 Å². The second-order valence-corrected chi connectivity index (χ2v) is 3.63. The fourth-order valence-electron chi connectivity index (χ4n) is 1.20. The zero-order valence-corrected chi connectivity index (χ0v) is 8.93. The summed E-state index contributed by atoms with van der Waals surface area (Å²) in [5.74, 6) is 0. The summed E-state index contributed by atoms with van der Waals surface area (Å²) < 4.78 is 5.25. The number of nitrogens with two attached hydrogens (primary N) is 1. The van der Waals surface area contributed by atoms with Crippen molar-refractivity contribution in [2.24, 2.45) is 5.73 Å². The number of hydrogen-bond donors (Lipinski definition) is 1. The summed E-state index contributed by atoms with van der Waals surface area (Å²) in [7, 11) is 0. The molecule has 0 aliphatic rings. The molecule has 1 rings (SSSR count). The summed E-state index contributed by atoms with van der Waals surface area (Å²) in [6, 6.07) is 10.4. The third-order valence-electron chi connectivity index (χ3n) is 1.84. The van der Waals surface area contributed by atoms with Crippen molar-refractivity contribution < 1.29 is 4.74 Å². The molecule has 0 saturated carbocycles. The Labute approximate surface area is 90.1 Å². The smallest absolute Gasteiger partial charge is 0.0989 e. The maximum atomic E-state index is 5.29. The molecule has 0 unspecified atom stereocenters. The molecule has 0 aliphatic carbocycles. The lowest BCUT2D eigenvalue weighted by Crippen LogP contribution is -2.16. The van der Waals surface area contributed by atoms with Crippen molar-refractivity contribution in [3.05, 3.63) is 35.9 Å². The Bertz CT molecular complexity index is 274. The molecule has 76 valence electrons. The number of aryl methyl sites for hydroxylation is 1. The average Bonchev–Trinajstić information content (AvgIpc) is 2.18. The average molecular weight is 209 g/mol. The maximum Gasteiger partial charge on any atom is 0.0989 e. The van der Waals surface area contributed by atoms with Gasteiger partial charge in [0.15, 0.2) is 0 Å². The Hall–Kier alpha value is -0.930. The van der Waals surface area contributed by atoms with Gasteiger partial charge in [-0.15, -0.1) is 0 Å². The SMILES string of the molecule is NC(=S)COCCCc1ccccc1. The molecule has 0 bridgehead atoms. The van der Waals surface area contributed by atoms with Gasteiger partial charge in [-0.3, -0.25) is 0 Å². The fourth-order valence-corrected chi connectivity index (χ4v) is 1.28. The molecule has 1 aromatic rings. The number of thiocarbonyl (C=S) groups is 1. The van der Waals surface area contributed by atoms with Gasteiger partial charge in [0.25, 0.3) is 0 Å². The minimum Gasteiger partial charge on any atom is -0.391 e. The van der Waals surface area contributed by atoms with Crippen molar-refractivity contribution in [1.29, 1.82) is 0 Å². The first-order valence-electron chi connectivity index (χ1n) is 4.69. The van der Waals surface area contributed by atoms with Gasteiger partial charge < -0.3 is 10.5 Å². The number of ether oxygens (including phenoxy) is 1. The van der Waals surface area contributed by atoms with E-state index in [0.717, 1.165) is 12.8 Å². The monoisotopic (exact) mass is 209 g/mol. The normalized spacial score (nSPS) is 10.0. The van der Waals surface area contributed by atoms with E-state index in [2.05, 4.69) is 12.1 Å². The Kier molecular flexibility index (Phi) is 5.19. The zero-order valence-electron chi connectivity index (χ0n) is 8.11. The topological polar surface area (TPSA) is 35.2 Å². The van der Waals surface area contributed by atoms with E-state index >= 15 is 0 Å². The fraction of sp³-hybridized carbons (Fsp3) is 0.364. The lowest BCUT2D eigenvalue weighted by Gasteiger charge is -2.02. The second-order valence-electron chi connectivity index (χ2n) is 3.11. The number of hydrogen-bond acceptors (Lipinski definition) is 2. The molecule has 0 heterocycles. The highest BCUT2D eigenvalue weighted by atomic mass is 32.1. The molecule has 3 heteroatoms. The molecule has 0 spiro atoms. The first kappa shape index (κ1) is 11.1. The van der Waals surface area contributed by atoms with Crippen LogP contribution in [0, 0.1) is 0 Å².